The third kappa shape index (κ3) is 3.38. The Hall–Kier alpha value is -4.10. The zero-order valence-electron chi connectivity index (χ0n) is 19.3. The number of nitrogens with one attached hydrogen (secondary N) is 1. The number of rotatable bonds is 4. The molecule has 0 bridgehead atoms. The fourth-order valence-corrected chi connectivity index (χ4v) is 5.67. The number of halogens is 1. The summed E-state index contributed by atoms with van der Waals surface area (Å²) in [6.07, 6.45) is 3.89. The van der Waals surface area contributed by atoms with Crippen LogP contribution in [0.25, 0.3) is 6.08 Å². The standard InChI is InChI=1S/C28H22ClN3O4/c1-36-20-13-11-19(12-14-20)31-27(34)23-22-15-6-16-4-2-3-5-21(16)32(22)25(24(23)28(31)35)26(33)30-18-9-7-17(29)8-10-18/h2-15,22-25H,1H3,(H,30,33). The number of fused-ring (bicyclic) bond motifs is 5. The fraction of sp³-hybridized carbons (Fsp3) is 0.179. The third-order valence-electron chi connectivity index (χ3n) is 7.13. The van der Waals surface area contributed by atoms with Gasteiger partial charge in [0.05, 0.1) is 30.7 Å². The van der Waals surface area contributed by atoms with Gasteiger partial charge in [-0.1, -0.05) is 42.0 Å². The van der Waals surface area contributed by atoms with Crippen LogP contribution in [0.5, 0.6) is 5.75 Å². The first-order chi connectivity index (χ1) is 17.5. The molecule has 180 valence electrons. The molecule has 0 spiro atoms. The molecule has 8 heteroatoms. The van der Waals surface area contributed by atoms with E-state index in [4.69, 9.17) is 16.3 Å². The lowest BCUT2D eigenvalue weighted by Gasteiger charge is -2.36. The molecular weight excluding hydrogens is 478 g/mol. The van der Waals surface area contributed by atoms with Crippen molar-refractivity contribution in [2.75, 3.05) is 22.2 Å². The molecule has 0 aliphatic carbocycles. The molecule has 3 aliphatic heterocycles. The Bertz CT molecular complexity index is 1400. The maximum absolute atomic E-state index is 13.8. The summed E-state index contributed by atoms with van der Waals surface area (Å²) in [5, 5.41) is 3.48. The summed E-state index contributed by atoms with van der Waals surface area (Å²) in [6.45, 7) is 0. The Morgan fingerprint density at radius 3 is 2.33 bits per heavy atom. The van der Waals surface area contributed by atoms with E-state index in [9.17, 15) is 14.4 Å². The van der Waals surface area contributed by atoms with Crippen molar-refractivity contribution < 1.29 is 19.1 Å². The first-order valence-corrected chi connectivity index (χ1v) is 12.0. The molecule has 4 atom stereocenters. The van der Waals surface area contributed by atoms with Crippen LogP contribution in [-0.4, -0.2) is 36.9 Å². The van der Waals surface area contributed by atoms with Crippen LogP contribution < -0.4 is 19.9 Å². The lowest BCUT2D eigenvalue weighted by atomic mass is 9.88. The molecule has 1 N–H and O–H groups in total. The minimum Gasteiger partial charge on any atom is -0.497 e. The number of methoxy groups -OCH3 is 1. The number of benzene rings is 3. The molecule has 2 fully saturated rings. The number of nitrogens with zero attached hydrogens (tertiary/aromatic N) is 2. The van der Waals surface area contributed by atoms with Crippen molar-refractivity contribution in [1.82, 2.24) is 0 Å². The van der Waals surface area contributed by atoms with Gasteiger partial charge in [0.2, 0.25) is 17.7 Å². The SMILES string of the molecule is COc1ccc(N2C(=O)C3C(C2=O)C(C(=O)Nc2ccc(Cl)cc2)N2c4ccccc4C=CC32)cc1. The lowest BCUT2D eigenvalue weighted by Crippen LogP contribution is -2.50. The summed E-state index contributed by atoms with van der Waals surface area (Å²) in [6, 6.07) is 20.0. The summed E-state index contributed by atoms with van der Waals surface area (Å²) in [5.74, 6) is -1.95. The van der Waals surface area contributed by atoms with E-state index in [1.165, 1.54) is 4.90 Å². The number of amides is 3. The molecule has 3 aliphatic rings. The molecule has 3 aromatic rings. The van der Waals surface area contributed by atoms with E-state index in [0.29, 0.717) is 22.1 Å². The molecule has 2 saturated heterocycles. The van der Waals surface area contributed by atoms with Crippen LogP contribution in [0.1, 0.15) is 5.56 Å². The van der Waals surface area contributed by atoms with Gasteiger partial charge in [0.1, 0.15) is 11.8 Å². The minimum atomic E-state index is -0.874. The molecule has 3 aromatic carbocycles. The fourth-order valence-electron chi connectivity index (χ4n) is 5.55. The van der Waals surface area contributed by atoms with E-state index >= 15 is 0 Å². The van der Waals surface area contributed by atoms with Gasteiger partial charge in [-0.15, -0.1) is 0 Å². The van der Waals surface area contributed by atoms with Gasteiger partial charge in [-0.05, 0) is 60.2 Å². The van der Waals surface area contributed by atoms with Gasteiger partial charge < -0.3 is 15.0 Å². The van der Waals surface area contributed by atoms with Gasteiger partial charge in [-0.2, -0.15) is 0 Å². The van der Waals surface area contributed by atoms with E-state index < -0.39 is 23.9 Å². The molecule has 0 saturated carbocycles. The van der Waals surface area contributed by atoms with Gasteiger partial charge in [-0.25, -0.2) is 4.90 Å². The topological polar surface area (TPSA) is 78.9 Å². The Morgan fingerprint density at radius 2 is 1.61 bits per heavy atom. The summed E-state index contributed by atoms with van der Waals surface area (Å²) in [4.78, 5) is 44.5. The molecule has 6 rings (SSSR count). The smallest absolute Gasteiger partial charge is 0.247 e. The van der Waals surface area contributed by atoms with Crippen molar-refractivity contribution >= 4 is 52.5 Å². The highest BCUT2D eigenvalue weighted by Crippen LogP contribution is 2.49. The number of carbonyl (C=O) groups excluding carboxylic acids is 3. The molecule has 7 nitrogen and oxygen atoms in total. The lowest BCUT2D eigenvalue weighted by molar-refractivity contribution is -0.126. The zero-order chi connectivity index (χ0) is 25.0. The van der Waals surface area contributed by atoms with Crippen LogP contribution in [-0.2, 0) is 14.4 Å². The Kier molecular flexibility index (Phi) is 5.30. The number of para-hydroxylation sites is 1. The molecule has 4 unspecified atom stereocenters. The zero-order valence-corrected chi connectivity index (χ0v) is 20.1. The number of hydrogen-bond donors (Lipinski definition) is 1. The van der Waals surface area contributed by atoms with E-state index in [2.05, 4.69) is 5.32 Å². The molecule has 0 radical (unpaired) electrons. The van der Waals surface area contributed by atoms with Crippen molar-refractivity contribution in [3.63, 3.8) is 0 Å². The Morgan fingerprint density at radius 1 is 0.917 bits per heavy atom. The Labute approximate surface area is 212 Å². The second kappa shape index (κ2) is 8.53. The van der Waals surface area contributed by atoms with E-state index in [1.807, 2.05) is 41.3 Å². The number of imide groups is 1. The average molecular weight is 500 g/mol. The summed E-state index contributed by atoms with van der Waals surface area (Å²) in [5.41, 5.74) is 2.79. The number of ether oxygens (including phenoxy) is 1. The predicted molar refractivity (Wildman–Crippen MR) is 138 cm³/mol. The van der Waals surface area contributed by atoms with Gasteiger partial charge in [-0.3, -0.25) is 14.4 Å². The van der Waals surface area contributed by atoms with Gasteiger partial charge in [0.25, 0.3) is 0 Å². The van der Waals surface area contributed by atoms with Crippen molar-refractivity contribution in [2.45, 2.75) is 12.1 Å². The van der Waals surface area contributed by atoms with Crippen molar-refractivity contribution in [3.05, 3.63) is 89.5 Å². The minimum absolute atomic E-state index is 0.309. The summed E-state index contributed by atoms with van der Waals surface area (Å²) < 4.78 is 5.21. The summed E-state index contributed by atoms with van der Waals surface area (Å²) >= 11 is 6.00. The first-order valence-electron chi connectivity index (χ1n) is 11.6. The Balaban J connectivity index is 1.42. The van der Waals surface area contributed by atoms with Crippen molar-refractivity contribution in [2.24, 2.45) is 11.8 Å². The highest BCUT2D eigenvalue weighted by molar-refractivity contribution is 6.30. The second-order valence-electron chi connectivity index (χ2n) is 9.02. The van der Waals surface area contributed by atoms with Gasteiger partial charge in [0, 0.05) is 16.4 Å². The van der Waals surface area contributed by atoms with Crippen molar-refractivity contribution in [1.29, 1.82) is 0 Å². The van der Waals surface area contributed by atoms with Crippen LogP contribution in [0.2, 0.25) is 5.02 Å². The van der Waals surface area contributed by atoms with Crippen LogP contribution in [0.15, 0.2) is 78.9 Å². The largest absolute Gasteiger partial charge is 0.497 e. The maximum atomic E-state index is 13.8. The van der Waals surface area contributed by atoms with Crippen LogP contribution in [0, 0.1) is 11.8 Å². The molecule has 0 aromatic heterocycles. The molecule has 36 heavy (non-hydrogen) atoms. The molecule has 3 amide bonds. The van der Waals surface area contributed by atoms with Crippen LogP contribution >= 0.6 is 11.6 Å². The van der Waals surface area contributed by atoms with Gasteiger partial charge >= 0.3 is 0 Å². The number of carbonyl (C=O) groups is 3. The van der Waals surface area contributed by atoms with Crippen LogP contribution in [0.4, 0.5) is 17.1 Å². The predicted octanol–water partition coefficient (Wildman–Crippen LogP) is 4.38. The van der Waals surface area contributed by atoms with E-state index in [1.54, 1.807) is 55.6 Å². The highest BCUT2D eigenvalue weighted by atomic mass is 35.5. The van der Waals surface area contributed by atoms with Crippen LogP contribution in [0.3, 0.4) is 0 Å². The molecule has 3 heterocycles. The maximum Gasteiger partial charge on any atom is 0.247 e. The highest BCUT2D eigenvalue weighted by Gasteiger charge is 2.64. The number of hydrogen-bond acceptors (Lipinski definition) is 5. The summed E-state index contributed by atoms with van der Waals surface area (Å²) in [7, 11) is 1.55. The monoisotopic (exact) mass is 499 g/mol. The van der Waals surface area contributed by atoms with E-state index in [-0.39, 0.29) is 17.7 Å². The third-order valence-corrected chi connectivity index (χ3v) is 7.38. The quantitative estimate of drug-likeness (QED) is 0.539. The van der Waals surface area contributed by atoms with Gasteiger partial charge in [0.15, 0.2) is 0 Å². The number of anilines is 3. The molecular formula is C28H22ClN3O4. The van der Waals surface area contributed by atoms with E-state index in [0.717, 1.165) is 11.3 Å². The van der Waals surface area contributed by atoms with Crippen molar-refractivity contribution in [3.8, 4) is 5.75 Å². The first kappa shape index (κ1) is 22.4. The average Bonchev–Trinajstić information content (AvgIpc) is 3.38. The second-order valence-corrected chi connectivity index (χ2v) is 9.45. The normalized spacial score (nSPS) is 23.8.